The minimum Gasteiger partial charge on any atom is -0.384 e. The molecular weight excluding hydrogens is 313 g/mol. The van der Waals surface area contributed by atoms with Crippen LogP contribution in [0.15, 0.2) is 22.7 Å². The zero-order chi connectivity index (χ0) is 13.8. The van der Waals surface area contributed by atoms with E-state index in [0.29, 0.717) is 29.1 Å². The van der Waals surface area contributed by atoms with Gasteiger partial charge >= 0.3 is 0 Å². The van der Waals surface area contributed by atoms with E-state index in [1.165, 1.54) is 18.2 Å². The second kappa shape index (κ2) is 6.48. The van der Waals surface area contributed by atoms with E-state index in [1.54, 1.807) is 7.11 Å². The second-order valence-electron chi connectivity index (χ2n) is 4.84. The smallest absolute Gasteiger partial charge is 0.253 e. The molecule has 1 aliphatic rings. The Hall–Kier alpha value is -0.940. The Balaban J connectivity index is 2.08. The van der Waals surface area contributed by atoms with E-state index >= 15 is 0 Å². The van der Waals surface area contributed by atoms with E-state index in [2.05, 4.69) is 15.9 Å². The molecule has 0 bridgehead atoms. The Kier molecular flexibility index (Phi) is 4.93. The van der Waals surface area contributed by atoms with Crippen molar-refractivity contribution in [3.63, 3.8) is 0 Å². The fourth-order valence-electron chi connectivity index (χ4n) is 2.43. The van der Waals surface area contributed by atoms with Gasteiger partial charge in [-0.15, -0.1) is 0 Å². The summed E-state index contributed by atoms with van der Waals surface area (Å²) in [6, 6.07) is 4.38. The van der Waals surface area contributed by atoms with E-state index < -0.39 is 0 Å². The summed E-state index contributed by atoms with van der Waals surface area (Å²) < 4.78 is 18.7. The first-order valence-electron chi connectivity index (χ1n) is 6.35. The van der Waals surface area contributed by atoms with Crippen molar-refractivity contribution < 1.29 is 13.9 Å². The largest absolute Gasteiger partial charge is 0.384 e. The van der Waals surface area contributed by atoms with Gasteiger partial charge in [0.2, 0.25) is 0 Å². The molecule has 1 heterocycles. The van der Waals surface area contributed by atoms with E-state index in [1.807, 2.05) is 4.90 Å². The highest BCUT2D eigenvalue weighted by Gasteiger charge is 2.24. The van der Waals surface area contributed by atoms with Crippen LogP contribution in [0.5, 0.6) is 0 Å². The average Bonchev–Trinajstić information content (AvgIpc) is 2.42. The van der Waals surface area contributed by atoms with Crippen molar-refractivity contribution in [2.75, 3.05) is 26.8 Å². The zero-order valence-electron chi connectivity index (χ0n) is 10.9. The first kappa shape index (κ1) is 14.5. The van der Waals surface area contributed by atoms with E-state index in [-0.39, 0.29) is 11.7 Å². The minimum atomic E-state index is -0.354. The van der Waals surface area contributed by atoms with Crippen molar-refractivity contribution in [3.8, 4) is 0 Å². The van der Waals surface area contributed by atoms with Gasteiger partial charge in [0.15, 0.2) is 0 Å². The zero-order valence-corrected chi connectivity index (χ0v) is 12.5. The molecule has 1 aromatic rings. The number of carbonyl (C=O) groups excluding carboxylic acids is 1. The lowest BCUT2D eigenvalue weighted by atomic mass is 9.98. The van der Waals surface area contributed by atoms with E-state index in [9.17, 15) is 9.18 Å². The molecule has 104 valence electrons. The molecular formula is C14H17BrFNO2. The van der Waals surface area contributed by atoms with Crippen LogP contribution in [0.4, 0.5) is 4.39 Å². The van der Waals surface area contributed by atoms with Crippen molar-refractivity contribution in [2.24, 2.45) is 5.92 Å². The summed E-state index contributed by atoms with van der Waals surface area (Å²) in [5.41, 5.74) is 0.520. The number of hydrogen-bond donors (Lipinski definition) is 0. The maximum atomic E-state index is 13.2. The maximum absolute atomic E-state index is 13.2. The van der Waals surface area contributed by atoms with Gasteiger partial charge in [0.05, 0.1) is 11.1 Å². The van der Waals surface area contributed by atoms with Crippen LogP contribution in [0.2, 0.25) is 0 Å². The molecule has 1 aromatic carbocycles. The SMILES string of the molecule is COCC1CCCN(C(=O)c2ccc(F)c(Br)c2)C1. The maximum Gasteiger partial charge on any atom is 0.253 e. The van der Waals surface area contributed by atoms with Crippen LogP contribution < -0.4 is 0 Å². The monoisotopic (exact) mass is 329 g/mol. The number of benzene rings is 1. The molecule has 2 rings (SSSR count). The molecule has 0 radical (unpaired) electrons. The first-order valence-corrected chi connectivity index (χ1v) is 7.14. The molecule has 19 heavy (non-hydrogen) atoms. The standard InChI is InChI=1S/C14H17BrFNO2/c1-19-9-10-3-2-6-17(8-10)14(18)11-4-5-13(16)12(15)7-11/h4-5,7,10H,2-3,6,8-9H2,1H3. The number of nitrogens with zero attached hydrogens (tertiary/aromatic N) is 1. The third kappa shape index (κ3) is 3.54. The molecule has 1 amide bonds. The number of rotatable bonds is 3. The molecule has 1 atom stereocenters. The lowest BCUT2D eigenvalue weighted by molar-refractivity contribution is 0.0571. The molecule has 0 N–H and O–H groups in total. The van der Waals surface area contributed by atoms with Gasteiger partial charge < -0.3 is 9.64 Å². The van der Waals surface area contributed by atoms with Gasteiger partial charge in [-0.25, -0.2) is 4.39 Å². The van der Waals surface area contributed by atoms with Gasteiger partial charge in [-0.2, -0.15) is 0 Å². The van der Waals surface area contributed by atoms with Crippen molar-refractivity contribution >= 4 is 21.8 Å². The van der Waals surface area contributed by atoms with Crippen LogP contribution in [0.25, 0.3) is 0 Å². The number of carbonyl (C=O) groups is 1. The topological polar surface area (TPSA) is 29.5 Å². The third-order valence-corrected chi connectivity index (χ3v) is 3.98. The van der Waals surface area contributed by atoms with Crippen LogP contribution in [-0.4, -0.2) is 37.6 Å². The highest BCUT2D eigenvalue weighted by atomic mass is 79.9. The molecule has 1 unspecified atom stereocenters. The molecule has 3 nitrogen and oxygen atoms in total. The van der Waals surface area contributed by atoms with Gasteiger partial charge in [-0.3, -0.25) is 4.79 Å². The van der Waals surface area contributed by atoms with Crippen LogP contribution in [-0.2, 0) is 4.74 Å². The predicted octanol–water partition coefficient (Wildman–Crippen LogP) is 3.09. The number of methoxy groups -OCH3 is 1. The molecule has 0 spiro atoms. The van der Waals surface area contributed by atoms with Gasteiger partial charge in [-0.05, 0) is 52.9 Å². The molecule has 5 heteroatoms. The van der Waals surface area contributed by atoms with Gasteiger partial charge in [0, 0.05) is 25.8 Å². The van der Waals surface area contributed by atoms with Gasteiger partial charge in [0.25, 0.3) is 5.91 Å². The number of hydrogen-bond acceptors (Lipinski definition) is 2. The molecule has 0 saturated carbocycles. The number of amides is 1. The van der Waals surface area contributed by atoms with Crippen molar-refractivity contribution in [2.45, 2.75) is 12.8 Å². The number of ether oxygens (including phenoxy) is 1. The van der Waals surface area contributed by atoms with Crippen LogP contribution in [0.3, 0.4) is 0 Å². The molecule has 0 aliphatic carbocycles. The van der Waals surface area contributed by atoms with Gasteiger partial charge in [0.1, 0.15) is 5.82 Å². The Morgan fingerprint density at radius 1 is 1.58 bits per heavy atom. The van der Waals surface area contributed by atoms with Crippen molar-refractivity contribution in [1.29, 1.82) is 0 Å². The summed E-state index contributed by atoms with van der Waals surface area (Å²) in [4.78, 5) is 14.2. The summed E-state index contributed by atoms with van der Waals surface area (Å²) in [6.07, 6.45) is 2.08. The quantitative estimate of drug-likeness (QED) is 0.852. The Labute approximate surface area is 120 Å². The Bertz CT molecular complexity index is 465. The summed E-state index contributed by atoms with van der Waals surface area (Å²) >= 11 is 3.11. The summed E-state index contributed by atoms with van der Waals surface area (Å²) in [6.45, 7) is 2.15. The number of piperidine rings is 1. The first-order chi connectivity index (χ1) is 9.11. The summed E-state index contributed by atoms with van der Waals surface area (Å²) in [5, 5.41) is 0. The van der Waals surface area contributed by atoms with Crippen molar-refractivity contribution in [1.82, 2.24) is 4.90 Å². The lowest BCUT2D eigenvalue weighted by Crippen LogP contribution is -2.41. The van der Waals surface area contributed by atoms with Crippen molar-refractivity contribution in [3.05, 3.63) is 34.1 Å². The lowest BCUT2D eigenvalue weighted by Gasteiger charge is -2.32. The molecule has 0 aromatic heterocycles. The second-order valence-corrected chi connectivity index (χ2v) is 5.70. The third-order valence-electron chi connectivity index (χ3n) is 3.38. The number of halogens is 2. The minimum absolute atomic E-state index is 0.0403. The Morgan fingerprint density at radius 3 is 3.05 bits per heavy atom. The average molecular weight is 330 g/mol. The fourth-order valence-corrected chi connectivity index (χ4v) is 2.81. The van der Waals surface area contributed by atoms with E-state index in [0.717, 1.165) is 19.4 Å². The molecule has 1 saturated heterocycles. The van der Waals surface area contributed by atoms with Crippen LogP contribution in [0, 0.1) is 11.7 Å². The fraction of sp³-hybridized carbons (Fsp3) is 0.500. The number of likely N-dealkylation sites (tertiary alicyclic amines) is 1. The predicted molar refractivity (Wildman–Crippen MR) is 74.6 cm³/mol. The molecule has 1 fully saturated rings. The normalized spacial score (nSPS) is 19.5. The Morgan fingerprint density at radius 2 is 2.37 bits per heavy atom. The highest BCUT2D eigenvalue weighted by Crippen LogP contribution is 2.21. The van der Waals surface area contributed by atoms with Crippen LogP contribution >= 0.6 is 15.9 Å². The van der Waals surface area contributed by atoms with Crippen LogP contribution in [0.1, 0.15) is 23.2 Å². The highest BCUT2D eigenvalue weighted by molar-refractivity contribution is 9.10. The summed E-state index contributed by atoms with van der Waals surface area (Å²) in [7, 11) is 1.68. The molecule has 1 aliphatic heterocycles. The van der Waals surface area contributed by atoms with Gasteiger partial charge in [-0.1, -0.05) is 0 Å². The summed E-state index contributed by atoms with van der Waals surface area (Å²) in [5.74, 6) is 0.000505. The van der Waals surface area contributed by atoms with E-state index in [4.69, 9.17) is 4.74 Å².